The van der Waals surface area contributed by atoms with Gasteiger partial charge in [0.1, 0.15) is 0 Å². The maximum atomic E-state index is 12.0. The summed E-state index contributed by atoms with van der Waals surface area (Å²) in [5.74, 6) is -1.22. The highest BCUT2D eigenvalue weighted by atomic mass is 16.4. The van der Waals surface area contributed by atoms with Crippen LogP contribution in [0.15, 0.2) is 36.5 Å². The molecule has 5 heteroatoms. The van der Waals surface area contributed by atoms with Crippen molar-refractivity contribution in [3.63, 3.8) is 0 Å². The van der Waals surface area contributed by atoms with Gasteiger partial charge in [-0.15, -0.1) is 0 Å². The third-order valence-corrected chi connectivity index (χ3v) is 3.11. The van der Waals surface area contributed by atoms with Crippen LogP contribution in [0.4, 0.5) is 0 Å². The molecule has 0 aliphatic heterocycles. The predicted molar refractivity (Wildman–Crippen MR) is 74.7 cm³/mol. The number of nitrogens with zero attached hydrogens (tertiary/aromatic N) is 2. The number of aryl methyl sites for hydroxylation is 1. The van der Waals surface area contributed by atoms with Gasteiger partial charge in [-0.2, -0.15) is 5.10 Å². The molecule has 1 aromatic carbocycles. The number of ketones is 1. The van der Waals surface area contributed by atoms with Crippen molar-refractivity contribution >= 4 is 17.8 Å². The number of aromatic carboxylic acids is 1. The molecule has 1 heterocycles. The van der Waals surface area contributed by atoms with Gasteiger partial charge < -0.3 is 5.11 Å². The number of carbonyl (C=O) groups is 2. The third kappa shape index (κ3) is 2.66. The summed E-state index contributed by atoms with van der Waals surface area (Å²) in [6.45, 7) is 1.80. The van der Waals surface area contributed by atoms with Gasteiger partial charge in [0.2, 0.25) is 0 Å². The Kier molecular flexibility index (Phi) is 3.79. The zero-order valence-corrected chi connectivity index (χ0v) is 11.2. The summed E-state index contributed by atoms with van der Waals surface area (Å²) in [6.07, 6.45) is 4.38. The molecule has 0 saturated carbocycles. The first-order chi connectivity index (χ1) is 9.50. The summed E-state index contributed by atoms with van der Waals surface area (Å²) in [5, 5.41) is 13.1. The Morgan fingerprint density at radius 2 is 1.95 bits per heavy atom. The van der Waals surface area contributed by atoms with E-state index < -0.39 is 5.97 Å². The van der Waals surface area contributed by atoms with Crippen molar-refractivity contribution in [3.05, 3.63) is 58.9 Å². The van der Waals surface area contributed by atoms with Crippen molar-refractivity contribution in [2.75, 3.05) is 0 Å². The Balaban J connectivity index is 2.28. The van der Waals surface area contributed by atoms with E-state index in [-0.39, 0.29) is 11.3 Å². The maximum absolute atomic E-state index is 12.0. The van der Waals surface area contributed by atoms with E-state index in [1.54, 1.807) is 36.9 Å². The fraction of sp³-hybridized carbons (Fsp3) is 0.133. The van der Waals surface area contributed by atoms with E-state index >= 15 is 0 Å². The van der Waals surface area contributed by atoms with Gasteiger partial charge in [0.25, 0.3) is 0 Å². The molecule has 20 heavy (non-hydrogen) atoms. The Hall–Kier alpha value is -2.69. The molecule has 0 saturated heterocycles. The van der Waals surface area contributed by atoms with Crippen LogP contribution in [0.1, 0.15) is 32.0 Å². The third-order valence-electron chi connectivity index (χ3n) is 3.11. The van der Waals surface area contributed by atoms with Crippen molar-refractivity contribution in [3.8, 4) is 0 Å². The fourth-order valence-corrected chi connectivity index (χ4v) is 1.83. The fourth-order valence-electron chi connectivity index (χ4n) is 1.83. The predicted octanol–water partition coefficient (Wildman–Crippen LogP) is 2.32. The molecule has 0 spiro atoms. The Bertz CT molecular complexity index is 699. The van der Waals surface area contributed by atoms with E-state index in [0.717, 1.165) is 5.69 Å². The normalized spacial score (nSPS) is 10.9. The van der Waals surface area contributed by atoms with Gasteiger partial charge in [-0.3, -0.25) is 9.48 Å². The van der Waals surface area contributed by atoms with Crippen LogP contribution in [-0.4, -0.2) is 26.6 Å². The highest BCUT2D eigenvalue weighted by Gasteiger charge is 2.11. The monoisotopic (exact) mass is 270 g/mol. The first-order valence-corrected chi connectivity index (χ1v) is 6.04. The summed E-state index contributed by atoms with van der Waals surface area (Å²) in [7, 11) is 1.76. The van der Waals surface area contributed by atoms with E-state index in [4.69, 9.17) is 5.11 Å². The quantitative estimate of drug-likeness (QED) is 0.683. The van der Waals surface area contributed by atoms with E-state index in [9.17, 15) is 9.59 Å². The molecule has 0 aliphatic carbocycles. The molecular formula is C15H14N2O3. The van der Waals surface area contributed by atoms with Gasteiger partial charge in [0.15, 0.2) is 5.78 Å². The lowest BCUT2D eigenvalue weighted by Gasteiger charge is -2.00. The highest BCUT2D eigenvalue weighted by molar-refractivity contribution is 6.08. The van der Waals surface area contributed by atoms with E-state index in [2.05, 4.69) is 5.10 Å². The van der Waals surface area contributed by atoms with E-state index in [1.807, 2.05) is 0 Å². The number of allylic oxidation sites excluding steroid dienone is 1. The Morgan fingerprint density at radius 1 is 1.25 bits per heavy atom. The van der Waals surface area contributed by atoms with E-state index in [1.165, 1.54) is 24.4 Å². The van der Waals surface area contributed by atoms with Crippen LogP contribution < -0.4 is 0 Å². The number of carboxylic acids is 1. The Labute approximate surface area is 116 Å². The number of carboxylic acid groups (broad SMARTS) is 1. The topological polar surface area (TPSA) is 72.2 Å². The largest absolute Gasteiger partial charge is 0.478 e. The average Bonchev–Trinajstić information content (AvgIpc) is 2.76. The van der Waals surface area contributed by atoms with Gasteiger partial charge in [-0.25, -0.2) is 4.79 Å². The molecule has 1 aromatic heterocycles. The lowest BCUT2D eigenvalue weighted by Crippen LogP contribution is -2.00. The molecule has 0 atom stereocenters. The maximum Gasteiger partial charge on any atom is 0.336 e. The lowest BCUT2D eigenvalue weighted by molar-refractivity contribution is 0.0696. The van der Waals surface area contributed by atoms with Crippen molar-refractivity contribution in [2.45, 2.75) is 6.92 Å². The summed E-state index contributed by atoms with van der Waals surface area (Å²) in [4.78, 5) is 23.1. The van der Waals surface area contributed by atoms with Crippen LogP contribution >= 0.6 is 0 Å². The smallest absolute Gasteiger partial charge is 0.336 e. The summed E-state index contributed by atoms with van der Waals surface area (Å²) in [5.41, 5.74) is 1.94. The van der Waals surface area contributed by atoms with Gasteiger partial charge in [0.05, 0.1) is 17.3 Å². The number of rotatable bonds is 4. The zero-order chi connectivity index (χ0) is 14.7. The molecule has 0 unspecified atom stereocenters. The zero-order valence-electron chi connectivity index (χ0n) is 11.2. The molecule has 5 nitrogen and oxygen atoms in total. The van der Waals surface area contributed by atoms with Crippen LogP contribution in [0.2, 0.25) is 0 Å². The lowest BCUT2D eigenvalue weighted by atomic mass is 10.1. The second-order valence-corrected chi connectivity index (χ2v) is 4.36. The minimum atomic E-state index is -1.02. The molecule has 0 bridgehead atoms. The van der Waals surface area contributed by atoms with Crippen LogP contribution in [0, 0.1) is 6.92 Å². The van der Waals surface area contributed by atoms with E-state index in [0.29, 0.717) is 11.1 Å². The number of carbonyl (C=O) groups excluding carboxylic acids is 1. The molecule has 0 radical (unpaired) electrons. The summed E-state index contributed by atoms with van der Waals surface area (Å²) in [6, 6.07) is 6.53. The van der Waals surface area contributed by atoms with Crippen LogP contribution in [0.25, 0.3) is 6.08 Å². The second-order valence-electron chi connectivity index (χ2n) is 4.36. The van der Waals surface area contributed by atoms with Crippen molar-refractivity contribution in [1.82, 2.24) is 9.78 Å². The number of hydrogen-bond acceptors (Lipinski definition) is 3. The van der Waals surface area contributed by atoms with Crippen LogP contribution in [0.3, 0.4) is 0 Å². The molecule has 102 valence electrons. The molecule has 1 N–H and O–H groups in total. The van der Waals surface area contributed by atoms with Gasteiger partial charge in [0, 0.05) is 12.7 Å². The van der Waals surface area contributed by atoms with Gasteiger partial charge in [-0.1, -0.05) is 24.3 Å². The molecule has 2 rings (SSSR count). The van der Waals surface area contributed by atoms with Crippen LogP contribution in [0.5, 0.6) is 0 Å². The summed E-state index contributed by atoms with van der Waals surface area (Å²) >= 11 is 0. The highest BCUT2D eigenvalue weighted by Crippen LogP contribution is 2.13. The average molecular weight is 270 g/mol. The van der Waals surface area contributed by atoms with Gasteiger partial charge in [-0.05, 0) is 24.6 Å². The SMILES string of the molecule is Cc1c(C(=O)/C=C/c2ccccc2C(=O)O)cnn1C. The van der Waals surface area contributed by atoms with Gasteiger partial charge >= 0.3 is 5.97 Å². The molecular weight excluding hydrogens is 256 g/mol. The minimum Gasteiger partial charge on any atom is -0.478 e. The molecule has 0 amide bonds. The standard InChI is InChI=1S/C15H14N2O3/c1-10-13(9-16-17(10)2)14(18)8-7-11-5-3-4-6-12(11)15(19)20/h3-9H,1-2H3,(H,19,20)/b8-7+. The summed E-state index contributed by atoms with van der Waals surface area (Å²) < 4.78 is 1.62. The van der Waals surface area contributed by atoms with Crippen molar-refractivity contribution in [1.29, 1.82) is 0 Å². The molecule has 0 aliphatic rings. The number of benzene rings is 1. The van der Waals surface area contributed by atoms with Crippen LogP contribution in [-0.2, 0) is 7.05 Å². The minimum absolute atomic E-state index is 0.166. The first-order valence-electron chi connectivity index (χ1n) is 6.04. The number of hydrogen-bond donors (Lipinski definition) is 1. The van der Waals surface area contributed by atoms with Crippen molar-refractivity contribution in [2.24, 2.45) is 7.05 Å². The molecule has 0 fully saturated rings. The van der Waals surface area contributed by atoms with Crippen molar-refractivity contribution < 1.29 is 14.7 Å². The Morgan fingerprint density at radius 3 is 2.55 bits per heavy atom. The second kappa shape index (κ2) is 5.52. The number of aromatic nitrogens is 2. The first kappa shape index (κ1) is 13.7. The molecule has 2 aromatic rings.